The number of hydrogen-bond donors (Lipinski definition) is 1. The molecule has 1 aliphatic rings. The van der Waals surface area contributed by atoms with E-state index >= 15 is 0 Å². The van der Waals surface area contributed by atoms with Gasteiger partial charge in [-0.3, -0.25) is 10.1 Å². The summed E-state index contributed by atoms with van der Waals surface area (Å²) in [6, 6.07) is 8.96. The number of ether oxygens (including phenoxy) is 3. The van der Waals surface area contributed by atoms with Gasteiger partial charge in [-0.1, -0.05) is 0 Å². The summed E-state index contributed by atoms with van der Waals surface area (Å²) in [6.07, 6.45) is 1.46. The Morgan fingerprint density at radius 1 is 1.19 bits per heavy atom. The van der Waals surface area contributed by atoms with E-state index in [4.69, 9.17) is 14.2 Å². The van der Waals surface area contributed by atoms with E-state index < -0.39 is 0 Å². The molecule has 0 fully saturated rings. The molecule has 0 radical (unpaired) electrons. The third-order valence-corrected chi connectivity index (χ3v) is 4.53. The Kier molecular flexibility index (Phi) is 4.40. The molecule has 0 unspecified atom stereocenters. The first kappa shape index (κ1) is 16.3. The highest BCUT2D eigenvalue weighted by Crippen LogP contribution is 2.35. The van der Waals surface area contributed by atoms with Gasteiger partial charge in [-0.25, -0.2) is 9.97 Å². The minimum atomic E-state index is -0.275. The number of rotatable bonds is 4. The predicted octanol–water partition coefficient (Wildman–Crippen LogP) is 3.24. The average molecular weight is 369 g/mol. The fourth-order valence-electron chi connectivity index (χ4n) is 2.47. The third-order valence-electron chi connectivity index (χ3n) is 3.77. The van der Waals surface area contributed by atoms with Crippen molar-refractivity contribution >= 4 is 22.4 Å². The van der Waals surface area contributed by atoms with Crippen molar-refractivity contribution < 1.29 is 19.0 Å². The molecule has 132 valence electrons. The van der Waals surface area contributed by atoms with Gasteiger partial charge in [0.05, 0.1) is 18.4 Å². The molecule has 0 saturated heterocycles. The number of anilines is 1. The Balaban J connectivity index is 1.50. The molecule has 0 aliphatic carbocycles. The van der Waals surface area contributed by atoms with Crippen LogP contribution in [0.2, 0.25) is 0 Å². The lowest BCUT2D eigenvalue weighted by Crippen LogP contribution is -2.15. The quantitative estimate of drug-likeness (QED) is 0.760. The van der Waals surface area contributed by atoms with Crippen LogP contribution in [0.15, 0.2) is 41.9 Å². The lowest BCUT2D eigenvalue weighted by molar-refractivity contribution is 0.102. The highest BCUT2D eigenvalue weighted by atomic mass is 32.1. The van der Waals surface area contributed by atoms with Gasteiger partial charge in [0.1, 0.15) is 13.2 Å². The summed E-state index contributed by atoms with van der Waals surface area (Å²) >= 11 is 1.35. The monoisotopic (exact) mass is 369 g/mol. The van der Waals surface area contributed by atoms with E-state index in [1.807, 2.05) is 23.6 Å². The second-order valence-electron chi connectivity index (χ2n) is 5.44. The van der Waals surface area contributed by atoms with Gasteiger partial charge in [0.15, 0.2) is 16.6 Å². The Bertz CT molecular complexity index is 940. The van der Waals surface area contributed by atoms with Crippen LogP contribution in [0.1, 0.15) is 10.4 Å². The molecule has 7 nitrogen and oxygen atoms in total. The van der Waals surface area contributed by atoms with Crippen LogP contribution in [-0.4, -0.2) is 36.2 Å². The number of methoxy groups -OCH3 is 1. The number of fused-ring (bicyclic) bond motifs is 1. The van der Waals surface area contributed by atoms with E-state index in [0.717, 1.165) is 17.0 Å². The summed E-state index contributed by atoms with van der Waals surface area (Å²) < 4.78 is 16.1. The Labute approximate surface area is 153 Å². The molecule has 0 saturated carbocycles. The van der Waals surface area contributed by atoms with Crippen LogP contribution in [0.25, 0.3) is 11.3 Å². The maximum atomic E-state index is 12.3. The van der Waals surface area contributed by atoms with Crippen molar-refractivity contribution in [3.63, 3.8) is 0 Å². The van der Waals surface area contributed by atoms with Crippen molar-refractivity contribution in [2.75, 3.05) is 25.6 Å². The van der Waals surface area contributed by atoms with Crippen molar-refractivity contribution in [3.8, 4) is 28.6 Å². The van der Waals surface area contributed by atoms with Crippen molar-refractivity contribution in [2.24, 2.45) is 0 Å². The Morgan fingerprint density at radius 2 is 2.04 bits per heavy atom. The molecular formula is C18H15N3O4S. The molecule has 3 aromatic rings. The number of pyridine rings is 1. The van der Waals surface area contributed by atoms with Crippen molar-refractivity contribution in [1.82, 2.24) is 9.97 Å². The number of hydrogen-bond acceptors (Lipinski definition) is 7. The van der Waals surface area contributed by atoms with Crippen LogP contribution in [-0.2, 0) is 0 Å². The number of amides is 1. The zero-order valence-corrected chi connectivity index (χ0v) is 14.7. The number of carbonyl (C=O) groups is 1. The van der Waals surface area contributed by atoms with Gasteiger partial charge >= 0.3 is 0 Å². The second kappa shape index (κ2) is 7.01. The maximum absolute atomic E-state index is 12.3. The zero-order valence-electron chi connectivity index (χ0n) is 13.9. The average Bonchev–Trinajstić information content (AvgIpc) is 3.16. The van der Waals surface area contributed by atoms with E-state index in [9.17, 15) is 4.79 Å². The van der Waals surface area contributed by atoms with Gasteiger partial charge in [0.2, 0.25) is 5.88 Å². The molecular weight excluding hydrogens is 354 g/mol. The molecule has 0 spiro atoms. The highest BCUT2D eigenvalue weighted by Gasteiger charge is 2.15. The number of carbonyl (C=O) groups excluding carboxylic acids is 1. The molecule has 3 heterocycles. The van der Waals surface area contributed by atoms with E-state index in [-0.39, 0.29) is 5.91 Å². The minimum Gasteiger partial charge on any atom is -0.486 e. The van der Waals surface area contributed by atoms with E-state index in [1.54, 1.807) is 12.1 Å². The molecule has 0 atom stereocenters. The predicted molar refractivity (Wildman–Crippen MR) is 97.3 cm³/mol. The molecule has 26 heavy (non-hydrogen) atoms. The molecule has 1 aliphatic heterocycles. The number of nitrogens with one attached hydrogen (secondary N) is 1. The van der Waals surface area contributed by atoms with Crippen molar-refractivity contribution in [1.29, 1.82) is 0 Å². The maximum Gasteiger partial charge on any atom is 0.259 e. The lowest BCUT2D eigenvalue weighted by atomic mass is 10.1. The Morgan fingerprint density at radius 3 is 2.81 bits per heavy atom. The van der Waals surface area contributed by atoms with E-state index in [0.29, 0.717) is 35.5 Å². The van der Waals surface area contributed by atoms with Gasteiger partial charge in [0, 0.05) is 23.2 Å². The molecule has 1 amide bonds. The summed E-state index contributed by atoms with van der Waals surface area (Å²) in [4.78, 5) is 20.8. The fraction of sp³-hybridized carbons (Fsp3) is 0.167. The van der Waals surface area contributed by atoms with Gasteiger partial charge in [-0.2, -0.15) is 0 Å². The van der Waals surface area contributed by atoms with Crippen molar-refractivity contribution in [2.45, 2.75) is 0 Å². The first-order valence-electron chi connectivity index (χ1n) is 7.90. The standard InChI is InChI=1S/C18H15N3O4S/c1-23-16-5-3-12(9-19-16)17(22)21-18-20-13(10-26-18)11-2-4-14-15(8-11)25-7-6-24-14/h2-5,8-10H,6-7H2,1H3,(H,20,21,22). The van der Waals surface area contributed by atoms with E-state index in [1.165, 1.54) is 24.6 Å². The van der Waals surface area contributed by atoms with Crippen LogP contribution >= 0.6 is 11.3 Å². The van der Waals surface area contributed by atoms with Crippen LogP contribution in [0.5, 0.6) is 17.4 Å². The molecule has 1 N–H and O–H groups in total. The largest absolute Gasteiger partial charge is 0.486 e. The van der Waals surface area contributed by atoms with Crippen LogP contribution in [0.3, 0.4) is 0 Å². The summed E-state index contributed by atoms with van der Waals surface area (Å²) in [5, 5.41) is 5.17. The fourth-order valence-corrected chi connectivity index (χ4v) is 3.19. The lowest BCUT2D eigenvalue weighted by Gasteiger charge is -2.18. The SMILES string of the molecule is COc1ccc(C(=O)Nc2nc(-c3ccc4c(c3)OCCO4)cs2)cn1. The van der Waals surface area contributed by atoms with E-state index in [2.05, 4.69) is 15.3 Å². The number of nitrogens with zero attached hydrogens (tertiary/aromatic N) is 2. The smallest absolute Gasteiger partial charge is 0.259 e. The summed E-state index contributed by atoms with van der Waals surface area (Å²) in [5.74, 6) is 1.62. The summed E-state index contributed by atoms with van der Waals surface area (Å²) in [5.41, 5.74) is 2.09. The molecule has 2 aromatic heterocycles. The molecule has 1 aromatic carbocycles. The topological polar surface area (TPSA) is 82.6 Å². The first-order valence-corrected chi connectivity index (χ1v) is 8.78. The van der Waals surface area contributed by atoms with Gasteiger partial charge in [0.25, 0.3) is 5.91 Å². The number of aromatic nitrogens is 2. The minimum absolute atomic E-state index is 0.275. The summed E-state index contributed by atoms with van der Waals surface area (Å²) in [6.45, 7) is 1.09. The Hall–Kier alpha value is -3.13. The van der Waals surface area contributed by atoms with Gasteiger partial charge in [-0.05, 0) is 24.3 Å². The second-order valence-corrected chi connectivity index (χ2v) is 6.30. The van der Waals surface area contributed by atoms with Crippen LogP contribution < -0.4 is 19.5 Å². The molecule has 4 rings (SSSR count). The third kappa shape index (κ3) is 3.31. The first-order chi connectivity index (χ1) is 12.7. The van der Waals surface area contributed by atoms with Crippen molar-refractivity contribution in [3.05, 3.63) is 47.5 Å². The normalized spacial score (nSPS) is 12.5. The zero-order chi connectivity index (χ0) is 17.9. The molecule has 0 bridgehead atoms. The number of thiazole rings is 1. The van der Waals surface area contributed by atoms with Crippen LogP contribution in [0, 0.1) is 0 Å². The van der Waals surface area contributed by atoms with Gasteiger partial charge in [-0.15, -0.1) is 11.3 Å². The van der Waals surface area contributed by atoms with Crippen LogP contribution in [0.4, 0.5) is 5.13 Å². The highest BCUT2D eigenvalue weighted by molar-refractivity contribution is 7.14. The van der Waals surface area contributed by atoms with Gasteiger partial charge < -0.3 is 14.2 Å². The molecule has 8 heteroatoms. The number of benzene rings is 1. The summed E-state index contributed by atoms with van der Waals surface area (Å²) in [7, 11) is 1.52.